The summed E-state index contributed by atoms with van der Waals surface area (Å²) in [5, 5.41) is 9.30. The third kappa shape index (κ3) is 2.60. The number of benzene rings is 1. The third-order valence-corrected chi connectivity index (χ3v) is 7.13. The number of sulfonamides is 1. The van der Waals surface area contributed by atoms with E-state index in [4.69, 9.17) is 0 Å². The predicted octanol–water partition coefficient (Wildman–Crippen LogP) is 2.34. The first kappa shape index (κ1) is 15.9. The van der Waals surface area contributed by atoms with Crippen LogP contribution in [0.25, 0.3) is 10.9 Å². The fourth-order valence-corrected chi connectivity index (χ4v) is 5.26. The predicted molar refractivity (Wildman–Crippen MR) is 96.2 cm³/mol. The molecule has 1 saturated heterocycles. The van der Waals surface area contributed by atoms with Crippen LogP contribution >= 0.6 is 0 Å². The zero-order valence-corrected chi connectivity index (χ0v) is 15.0. The number of nitrogens with zero attached hydrogens (tertiary/aromatic N) is 5. The van der Waals surface area contributed by atoms with Crippen molar-refractivity contribution < 1.29 is 8.42 Å². The first-order valence-corrected chi connectivity index (χ1v) is 10.3. The van der Waals surface area contributed by atoms with Crippen LogP contribution in [0.1, 0.15) is 36.9 Å². The third-order valence-electron chi connectivity index (χ3n) is 5.24. The number of para-hydroxylation sites is 1. The Balaban J connectivity index is 1.43. The lowest BCUT2D eigenvalue weighted by atomic mass is 10.2. The summed E-state index contributed by atoms with van der Waals surface area (Å²) in [5.74, 6) is 0.548. The minimum absolute atomic E-state index is 0.0349. The molecule has 0 radical (unpaired) electrons. The van der Waals surface area contributed by atoms with Gasteiger partial charge in [0.1, 0.15) is 4.90 Å². The molecule has 0 bridgehead atoms. The maximum Gasteiger partial charge on any atom is 0.245 e. The highest BCUT2D eigenvalue weighted by atomic mass is 32.2. The van der Waals surface area contributed by atoms with E-state index >= 15 is 0 Å². The molecule has 5 rings (SSSR count). The molecule has 0 amide bonds. The van der Waals surface area contributed by atoms with Gasteiger partial charge in [-0.1, -0.05) is 23.4 Å². The molecule has 3 heterocycles. The summed E-state index contributed by atoms with van der Waals surface area (Å²) in [4.78, 5) is 4.56. The van der Waals surface area contributed by atoms with Crippen LogP contribution in [0, 0.1) is 0 Å². The van der Waals surface area contributed by atoms with Crippen molar-refractivity contribution in [1.82, 2.24) is 24.3 Å². The monoisotopic (exact) mass is 369 g/mol. The largest absolute Gasteiger partial charge is 0.255 e. The van der Waals surface area contributed by atoms with Gasteiger partial charge in [0, 0.05) is 36.8 Å². The normalized spacial score (nSPS) is 21.5. The van der Waals surface area contributed by atoms with E-state index < -0.39 is 10.0 Å². The summed E-state index contributed by atoms with van der Waals surface area (Å²) in [6.45, 7) is 0.897. The number of fused-ring (bicyclic) bond motifs is 1. The molecule has 0 N–H and O–H groups in total. The van der Waals surface area contributed by atoms with Crippen molar-refractivity contribution in [1.29, 1.82) is 0 Å². The molecule has 7 nitrogen and oxygen atoms in total. The van der Waals surface area contributed by atoms with E-state index in [0.29, 0.717) is 24.5 Å². The summed E-state index contributed by atoms with van der Waals surface area (Å²) in [6.07, 6.45) is 6.71. The first-order valence-electron chi connectivity index (χ1n) is 8.88. The van der Waals surface area contributed by atoms with E-state index in [1.54, 1.807) is 22.6 Å². The van der Waals surface area contributed by atoms with Crippen molar-refractivity contribution >= 4 is 20.9 Å². The Morgan fingerprint density at radius 2 is 1.92 bits per heavy atom. The van der Waals surface area contributed by atoms with Crippen LogP contribution in [0.15, 0.2) is 47.6 Å². The average molecular weight is 369 g/mol. The quantitative estimate of drug-likeness (QED) is 0.705. The van der Waals surface area contributed by atoms with Gasteiger partial charge < -0.3 is 0 Å². The van der Waals surface area contributed by atoms with Gasteiger partial charge in [0.05, 0.1) is 17.3 Å². The second kappa shape index (κ2) is 5.85. The van der Waals surface area contributed by atoms with E-state index in [2.05, 4.69) is 15.3 Å². The maximum atomic E-state index is 13.2. The zero-order valence-electron chi connectivity index (χ0n) is 14.2. The average Bonchev–Trinajstić information content (AvgIpc) is 3.18. The lowest BCUT2D eigenvalue weighted by molar-refractivity contribution is 0.428. The van der Waals surface area contributed by atoms with Crippen molar-refractivity contribution in [2.75, 3.05) is 13.1 Å². The van der Waals surface area contributed by atoms with Crippen LogP contribution in [-0.4, -0.2) is 45.8 Å². The van der Waals surface area contributed by atoms with Gasteiger partial charge in [0.2, 0.25) is 10.0 Å². The molecule has 2 aliphatic rings. The molecule has 0 spiro atoms. The molecule has 1 unspecified atom stereocenters. The van der Waals surface area contributed by atoms with Gasteiger partial charge in [-0.3, -0.25) is 4.98 Å². The van der Waals surface area contributed by atoms with E-state index in [1.807, 2.05) is 29.1 Å². The number of hydrogen-bond acceptors (Lipinski definition) is 5. The van der Waals surface area contributed by atoms with Crippen LogP contribution < -0.4 is 0 Å². The molecule has 1 aromatic carbocycles. The molecule has 2 aromatic heterocycles. The molecule has 1 saturated carbocycles. The molecule has 134 valence electrons. The second-order valence-corrected chi connectivity index (χ2v) is 8.94. The number of aromatic nitrogens is 4. The fourth-order valence-electron chi connectivity index (χ4n) is 3.60. The summed E-state index contributed by atoms with van der Waals surface area (Å²) in [7, 11) is -3.59. The van der Waals surface area contributed by atoms with Crippen molar-refractivity contribution in [3.8, 4) is 0 Å². The van der Waals surface area contributed by atoms with E-state index in [1.165, 1.54) is 12.8 Å². The first-order chi connectivity index (χ1) is 12.6. The fraction of sp³-hybridized carbons (Fsp3) is 0.389. The molecule has 3 aromatic rings. The summed E-state index contributed by atoms with van der Waals surface area (Å²) < 4.78 is 29.8. The lowest BCUT2D eigenvalue weighted by Crippen LogP contribution is -2.29. The van der Waals surface area contributed by atoms with Crippen LogP contribution in [0.3, 0.4) is 0 Å². The second-order valence-electron chi connectivity index (χ2n) is 7.03. The molecular formula is C18H19N5O2S. The van der Waals surface area contributed by atoms with E-state index in [9.17, 15) is 8.42 Å². The molecule has 1 aliphatic heterocycles. The highest BCUT2D eigenvalue weighted by Gasteiger charge is 2.35. The van der Waals surface area contributed by atoms with Crippen LogP contribution in [0.2, 0.25) is 0 Å². The van der Waals surface area contributed by atoms with Gasteiger partial charge in [-0.15, -0.1) is 5.10 Å². The molecule has 1 aliphatic carbocycles. The van der Waals surface area contributed by atoms with E-state index in [-0.39, 0.29) is 10.9 Å². The Morgan fingerprint density at radius 1 is 1.08 bits per heavy atom. The highest BCUT2D eigenvalue weighted by Crippen LogP contribution is 2.39. The number of hydrogen-bond donors (Lipinski definition) is 0. The summed E-state index contributed by atoms with van der Waals surface area (Å²) >= 11 is 0. The van der Waals surface area contributed by atoms with Gasteiger partial charge in [0.15, 0.2) is 0 Å². The van der Waals surface area contributed by atoms with Crippen molar-refractivity contribution in [3.05, 3.63) is 48.4 Å². The molecular weight excluding hydrogens is 350 g/mol. The van der Waals surface area contributed by atoms with Crippen LogP contribution in [-0.2, 0) is 10.0 Å². The minimum Gasteiger partial charge on any atom is -0.255 e. The lowest BCUT2D eigenvalue weighted by Gasteiger charge is -2.17. The van der Waals surface area contributed by atoms with Gasteiger partial charge in [-0.2, -0.15) is 4.31 Å². The summed E-state index contributed by atoms with van der Waals surface area (Å²) in [6, 6.07) is 9.01. The highest BCUT2D eigenvalue weighted by molar-refractivity contribution is 7.89. The Hall–Kier alpha value is -2.32. The van der Waals surface area contributed by atoms with E-state index in [0.717, 1.165) is 17.5 Å². The Labute approximate surface area is 151 Å². The smallest absolute Gasteiger partial charge is 0.245 e. The molecule has 8 heteroatoms. The van der Waals surface area contributed by atoms with Crippen molar-refractivity contribution in [3.63, 3.8) is 0 Å². The topological polar surface area (TPSA) is 81.0 Å². The summed E-state index contributed by atoms with van der Waals surface area (Å²) in [5.41, 5.74) is 1.56. The Morgan fingerprint density at radius 3 is 2.77 bits per heavy atom. The maximum absolute atomic E-state index is 13.2. The minimum atomic E-state index is -3.59. The molecule has 2 fully saturated rings. The van der Waals surface area contributed by atoms with Crippen LogP contribution in [0.5, 0.6) is 0 Å². The number of rotatable bonds is 4. The Kier molecular flexibility index (Phi) is 3.58. The molecule has 26 heavy (non-hydrogen) atoms. The standard InChI is InChI=1S/C18H19N5O2S/c24-26(25,17-5-1-3-14-4-2-9-19-18(14)17)22-10-8-15(11-22)23-12-16(20-21-23)13-6-7-13/h1-5,9,12-13,15H,6-8,10-11H2. The zero-order chi connectivity index (χ0) is 17.7. The van der Waals surface area contributed by atoms with Gasteiger partial charge in [-0.05, 0) is 31.4 Å². The SMILES string of the molecule is O=S(=O)(c1cccc2cccnc12)N1CCC(n2cc(C3CC3)nn2)C1. The van der Waals surface area contributed by atoms with Gasteiger partial charge in [-0.25, -0.2) is 13.1 Å². The van der Waals surface area contributed by atoms with Crippen molar-refractivity contribution in [2.45, 2.75) is 36.1 Å². The van der Waals surface area contributed by atoms with Gasteiger partial charge in [0.25, 0.3) is 0 Å². The van der Waals surface area contributed by atoms with Crippen molar-refractivity contribution in [2.24, 2.45) is 0 Å². The number of pyridine rings is 1. The Bertz CT molecular complexity index is 1070. The van der Waals surface area contributed by atoms with Gasteiger partial charge >= 0.3 is 0 Å². The molecule has 1 atom stereocenters. The van der Waals surface area contributed by atoms with Crippen LogP contribution in [0.4, 0.5) is 0 Å².